The summed E-state index contributed by atoms with van der Waals surface area (Å²) in [6.45, 7) is 4.21. The number of benzene rings is 1. The average Bonchev–Trinajstić information content (AvgIpc) is 2.88. The minimum Gasteiger partial charge on any atom is -0.421 e. The highest BCUT2D eigenvalue weighted by molar-refractivity contribution is 9.10. The van der Waals surface area contributed by atoms with E-state index in [1.807, 2.05) is 24.3 Å². The Morgan fingerprint density at radius 3 is 2.84 bits per heavy atom. The van der Waals surface area contributed by atoms with Crippen LogP contribution < -0.4 is 5.32 Å². The first-order valence-corrected chi connectivity index (χ1v) is 7.38. The molecule has 19 heavy (non-hydrogen) atoms. The molecule has 0 radical (unpaired) electrons. The molecule has 2 aromatic rings. The highest BCUT2D eigenvalue weighted by Gasteiger charge is 2.10. The molecular formula is C14H18BrN3O. The van der Waals surface area contributed by atoms with Gasteiger partial charge in [0.2, 0.25) is 11.8 Å². The van der Waals surface area contributed by atoms with E-state index in [1.54, 1.807) is 0 Å². The molecule has 2 rings (SSSR count). The van der Waals surface area contributed by atoms with Crippen LogP contribution in [-0.2, 0) is 6.42 Å². The van der Waals surface area contributed by atoms with Gasteiger partial charge in [-0.2, -0.15) is 0 Å². The standard InChI is InChI=1S/C14H18BrN3O/c1-2-9-16-10-5-8-13-17-18-14(19-13)11-6-3-4-7-12(11)15/h3-4,6-7,16H,2,5,8-10H2,1H3. The second-order valence-corrected chi connectivity index (χ2v) is 5.19. The van der Waals surface area contributed by atoms with Crippen molar-refractivity contribution in [3.05, 3.63) is 34.6 Å². The first kappa shape index (κ1) is 14.2. The van der Waals surface area contributed by atoms with Crippen LogP contribution in [0.25, 0.3) is 11.5 Å². The molecule has 0 atom stereocenters. The zero-order valence-electron chi connectivity index (χ0n) is 11.0. The van der Waals surface area contributed by atoms with Gasteiger partial charge in [-0.1, -0.05) is 19.1 Å². The number of rotatable bonds is 7. The first-order valence-electron chi connectivity index (χ1n) is 6.59. The molecule has 4 nitrogen and oxygen atoms in total. The van der Waals surface area contributed by atoms with Crippen molar-refractivity contribution in [2.24, 2.45) is 0 Å². The van der Waals surface area contributed by atoms with Crippen LogP contribution in [0.3, 0.4) is 0 Å². The topological polar surface area (TPSA) is 51.0 Å². The molecule has 0 saturated carbocycles. The molecule has 0 saturated heterocycles. The zero-order valence-corrected chi connectivity index (χ0v) is 12.6. The van der Waals surface area contributed by atoms with Crippen molar-refractivity contribution in [3.8, 4) is 11.5 Å². The maximum absolute atomic E-state index is 5.68. The summed E-state index contributed by atoms with van der Waals surface area (Å²) in [7, 11) is 0. The SMILES string of the molecule is CCCNCCCc1nnc(-c2ccccc2Br)o1. The Bertz CT molecular complexity index is 513. The fourth-order valence-corrected chi connectivity index (χ4v) is 2.22. The molecule has 0 spiro atoms. The first-order chi connectivity index (χ1) is 9.31. The Morgan fingerprint density at radius 2 is 2.05 bits per heavy atom. The van der Waals surface area contributed by atoms with Gasteiger partial charge in [-0.25, -0.2) is 0 Å². The zero-order chi connectivity index (χ0) is 13.5. The largest absolute Gasteiger partial charge is 0.421 e. The van der Waals surface area contributed by atoms with Crippen LogP contribution in [0.2, 0.25) is 0 Å². The Balaban J connectivity index is 1.91. The van der Waals surface area contributed by atoms with E-state index >= 15 is 0 Å². The minimum absolute atomic E-state index is 0.573. The number of aryl methyl sites for hydroxylation is 1. The van der Waals surface area contributed by atoms with Gasteiger partial charge in [0.05, 0.1) is 5.56 Å². The van der Waals surface area contributed by atoms with E-state index < -0.39 is 0 Å². The van der Waals surface area contributed by atoms with Gasteiger partial charge in [0.15, 0.2) is 0 Å². The van der Waals surface area contributed by atoms with Gasteiger partial charge in [0.25, 0.3) is 0 Å². The Kier molecular flexibility index (Phi) is 5.54. The maximum atomic E-state index is 5.68. The van der Waals surface area contributed by atoms with Gasteiger partial charge in [0.1, 0.15) is 0 Å². The molecule has 1 aromatic heterocycles. The van der Waals surface area contributed by atoms with Crippen molar-refractivity contribution in [3.63, 3.8) is 0 Å². The predicted molar refractivity (Wildman–Crippen MR) is 78.9 cm³/mol. The van der Waals surface area contributed by atoms with Crippen LogP contribution in [0.1, 0.15) is 25.7 Å². The van der Waals surface area contributed by atoms with Gasteiger partial charge in [0, 0.05) is 10.9 Å². The molecule has 0 aliphatic carbocycles. The van der Waals surface area contributed by atoms with E-state index in [1.165, 1.54) is 0 Å². The van der Waals surface area contributed by atoms with Crippen LogP contribution in [0, 0.1) is 0 Å². The Labute approximate surface area is 121 Å². The molecule has 0 aliphatic rings. The van der Waals surface area contributed by atoms with E-state index in [9.17, 15) is 0 Å². The van der Waals surface area contributed by atoms with E-state index in [0.29, 0.717) is 11.8 Å². The van der Waals surface area contributed by atoms with Crippen LogP contribution in [0.5, 0.6) is 0 Å². The molecule has 0 amide bonds. The molecule has 1 N–H and O–H groups in total. The quantitative estimate of drug-likeness (QED) is 0.793. The summed E-state index contributed by atoms with van der Waals surface area (Å²) in [5.41, 5.74) is 0.936. The number of nitrogens with zero attached hydrogens (tertiary/aromatic N) is 2. The van der Waals surface area contributed by atoms with Crippen molar-refractivity contribution in [1.82, 2.24) is 15.5 Å². The molecule has 0 unspecified atom stereocenters. The normalized spacial score (nSPS) is 10.8. The van der Waals surface area contributed by atoms with Crippen LogP contribution in [-0.4, -0.2) is 23.3 Å². The van der Waals surface area contributed by atoms with E-state index in [4.69, 9.17) is 4.42 Å². The third-order valence-electron chi connectivity index (χ3n) is 2.74. The van der Waals surface area contributed by atoms with Gasteiger partial charge in [-0.3, -0.25) is 0 Å². The summed E-state index contributed by atoms with van der Waals surface area (Å²) in [4.78, 5) is 0. The van der Waals surface area contributed by atoms with Gasteiger partial charge < -0.3 is 9.73 Å². The number of hydrogen-bond acceptors (Lipinski definition) is 4. The summed E-state index contributed by atoms with van der Waals surface area (Å²) in [6, 6.07) is 7.85. The summed E-state index contributed by atoms with van der Waals surface area (Å²) in [6.07, 6.45) is 2.98. The Hall–Kier alpha value is -1.20. The van der Waals surface area contributed by atoms with Gasteiger partial charge in [-0.15, -0.1) is 10.2 Å². The minimum atomic E-state index is 0.573. The molecular weight excluding hydrogens is 306 g/mol. The molecule has 5 heteroatoms. The lowest BCUT2D eigenvalue weighted by atomic mass is 10.2. The fourth-order valence-electron chi connectivity index (χ4n) is 1.76. The van der Waals surface area contributed by atoms with Crippen molar-refractivity contribution in [2.75, 3.05) is 13.1 Å². The average molecular weight is 324 g/mol. The molecule has 1 heterocycles. The third-order valence-corrected chi connectivity index (χ3v) is 3.43. The van der Waals surface area contributed by atoms with Crippen molar-refractivity contribution < 1.29 is 4.42 Å². The van der Waals surface area contributed by atoms with Crippen LogP contribution >= 0.6 is 15.9 Å². The molecule has 0 fully saturated rings. The number of nitrogens with one attached hydrogen (secondary N) is 1. The summed E-state index contributed by atoms with van der Waals surface area (Å²) in [5.74, 6) is 1.27. The summed E-state index contributed by atoms with van der Waals surface area (Å²) in [5, 5.41) is 11.5. The lowest BCUT2D eigenvalue weighted by molar-refractivity contribution is 0.491. The highest BCUT2D eigenvalue weighted by atomic mass is 79.9. The van der Waals surface area contributed by atoms with Crippen molar-refractivity contribution in [1.29, 1.82) is 0 Å². The van der Waals surface area contributed by atoms with Crippen molar-refractivity contribution in [2.45, 2.75) is 26.2 Å². The lowest BCUT2D eigenvalue weighted by Gasteiger charge is -2.00. The fraction of sp³-hybridized carbons (Fsp3) is 0.429. The van der Waals surface area contributed by atoms with Crippen LogP contribution in [0.4, 0.5) is 0 Å². The number of hydrogen-bond donors (Lipinski definition) is 1. The lowest BCUT2D eigenvalue weighted by Crippen LogP contribution is -2.16. The molecule has 102 valence electrons. The third kappa shape index (κ3) is 4.14. The van der Waals surface area contributed by atoms with E-state index in [0.717, 1.165) is 42.4 Å². The van der Waals surface area contributed by atoms with E-state index in [-0.39, 0.29) is 0 Å². The van der Waals surface area contributed by atoms with Crippen LogP contribution in [0.15, 0.2) is 33.2 Å². The molecule has 0 bridgehead atoms. The highest BCUT2D eigenvalue weighted by Crippen LogP contribution is 2.26. The smallest absolute Gasteiger partial charge is 0.248 e. The summed E-state index contributed by atoms with van der Waals surface area (Å²) < 4.78 is 6.64. The second-order valence-electron chi connectivity index (χ2n) is 4.33. The summed E-state index contributed by atoms with van der Waals surface area (Å²) >= 11 is 3.49. The predicted octanol–water partition coefficient (Wildman–Crippen LogP) is 3.43. The second kappa shape index (κ2) is 7.40. The maximum Gasteiger partial charge on any atom is 0.248 e. The molecule has 0 aliphatic heterocycles. The number of halogens is 1. The molecule has 1 aromatic carbocycles. The van der Waals surface area contributed by atoms with Gasteiger partial charge in [-0.05, 0) is 54.0 Å². The number of aromatic nitrogens is 2. The van der Waals surface area contributed by atoms with Gasteiger partial charge >= 0.3 is 0 Å². The monoisotopic (exact) mass is 323 g/mol. The Morgan fingerprint density at radius 1 is 1.21 bits per heavy atom. The van der Waals surface area contributed by atoms with E-state index in [2.05, 4.69) is 38.4 Å². The van der Waals surface area contributed by atoms with Crippen molar-refractivity contribution >= 4 is 15.9 Å².